The molecule has 0 bridgehead atoms. The number of para-hydroxylation sites is 1. The van der Waals surface area contributed by atoms with Gasteiger partial charge >= 0.3 is 5.97 Å². The standard InChI is InChI=1S/C22H17ClN2O3S2/c23-14-9-7-13(8-10-14)20-16(15-4-1-2-5-17(15)24-20)12-18-21(28)25(22(29)30-18)11-3-6-19(26)27/h1-2,4-5,7-10,12,28H,3,6,11H2,(H,26,27)/b16-12+. The molecule has 0 saturated heterocycles. The zero-order valence-electron chi connectivity index (χ0n) is 15.7. The van der Waals surface area contributed by atoms with Crippen LogP contribution in [0, 0.1) is 3.95 Å². The van der Waals surface area contributed by atoms with Crippen LogP contribution < -0.4 is 0 Å². The Balaban J connectivity index is 1.75. The second-order valence-electron chi connectivity index (χ2n) is 6.75. The van der Waals surface area contributed by atoms with Gasteiger partial charge in [-0.2, -0.15) is 0 Å². The molecule has 0 fully saturated rings. The zero-order chi connectivity index (χ0) is 21.3. The summed E-state index contributed by atoms with van der Waals surface area (Å²) in [5.74, 6) is -0.826. The van der Waals surface area contributed by atoms with E-state index in [0.29, 0.717) is 26.8 Å². The molecular formula is C22H17ClN2O3S2. The normalized spacial score (nSPS) is 14.0. The lowest BCUT2D eigenvalue weighted by molar-refractivity contribution is -0.137. The summed E-state index contributed by atoms with van der Waals surface area (Å²) < 4.78 is 2.08. The maximum Gasteiger partial charge on any atom is 0.303 e. The van der Waals surface area contributed by atoms with Crippen molar-refractivity contribution in [2.24, 2.45) is 4.99 Å². The van der Waals surface area contributed by atoms with Crippen molar-refractivity contribution in [3.8, 4) is 5.88 Å². The summed E-state index contributed by atoms with van der Waals surface area (Å²) >= 11 is 12.7. The van der Waals surface area contributed by atoms with Gasteiger partial charge in [0.2, 0.25) is 5.88 Å². The first-order chi connectivity index (χ1) is 14.4. The number of hydrogen-bond donors (Lipinski definition) is 2. The molecule has 0 aliphatic carbocycles. The fourth-order valence-corrected chi connectivity index (χ4v) is 4.73. The van der Waals surface area contributed by atoms with Crippen LogP contribution in [0.4, 0.5) is 5.69 Å². The van der Waals surface area contributed by atoms with Crippen LogP contribution in [-0.4, -0.2) is 26.5 Å². The van der Waals surface area contributed by atoms with Gasteiger partial charge in [0.1, 0.15) is 0 Å². The van der Waals surface area contributed by atoms with Gasteiger partial charge in [0.25, 0.3) is 0 Å². The Bertz CT molecular complexity index is 1240. The first-order valence-corrected chi connectivity index (χ1v) is 10.8. The molecule has 0 saturated carbocycles. The van der Waals surface area contributed by atoms with Crippen LogP contribution in [0.5, 0.6) is 5.88 Å². The quantitative estimate of drug-likeness (QED) is 0.434. The predicted molar refractivity (Wildman–Crippen MR) is 124 cm³/mol. The van der Waals surface area contributed by atoms with Gasteiger partial charge in [-0.25, -0.2) is 4.99 Å². The van der Waals surface area contributed by atoms with E-state index < -0.39 is 5.97 Å². The minimum Gasteiger partial charge on any atom is -0.493 e. The molecule has 2 aromatic carbocycles. The average molecular weight is 457 g/mol. The third-order valence-corrected chi connectivity index (χ3v) is 6.38. The van der Waals surface area contributed by atoms with E-state index in [1.54, 1.807) is 4.57 Å². The van der Waals surface area contributed by atoms with Crippen molar-refractivity contribution in [2.45, 2.75) is 19.4 Å². The lowest BCUT2D eigenvalue weighted by Gasteiger charge is -2.07. The molecule has 8 heteroatoms. The number of rotatable bonds is 6. The molecule has 3 aromatic rings. The molecule has 5 nitrogen and oxygen atoms in total. The summed E-state index contributed by atoms with van der Waals surface area (Å²) in [4.78, 5) is 16.2. The molecule has 0 amide bonds. The summed E-state index contributed by atoms with van der Waals surface area (Å²) in [5.41, 5.74) is 4.43. The number of aromatic hydroxyl groups is 1. The van der Waals surface area contributed by atoms with Gasteiger partial charge < -0.3 is 10.2 Å². The number of benzene rings is 2. The van der Waals surface area contributed by atoms with Crippen LogP contribution in [-0.2, 0) is 11.3 Å². The van der Waals surface area contributed by atoms with E-state index in [0.717, 1.165) is 28.1 Å². The molecule has 2 N–H and O–H groups in total. The number of hydrogen-bond acceptors (Lipinski definition) is 5. The lowest BCUT2D eigenvalue weighted by Crippen LogP contribution is -2.02. The van der Waals surface area contributed by atoms with E-state index in [1.807, 2.05) is 54.6 Å². The molecule has 1 aromatic heterocycles. The minimum absolute atomic E-state index is 0.0221. The number of halogens is 1. The monoisotopic (exact) mass is 456 g/mol. The highest BCUT2D eigenvalue weighted by atomic mass is 35.5. The molecule has 152 valence electrons. The minimum atomic E-state index is -0.870. The fourth-order valence-electron chi connectivity index (χ4n) is 3.31. The van der Waals surface area contributed by atoms with Crippen molar-refractivity contribution in [1.82, 2.24) is 4.57 Å². The zero-order valence-corrected chi connectivity index (χ0v) is 18.1. The molecule has 0 radical (unpaired) electrons. The van der Waals surface area contributed by atoms with Crippen LogP contribution in [0.3, 0.4) is 0 Å². The average Bonchev–Trinajstić information content (AvgIpc) is 3.21. The number of allylic oxidation sites excluding steroid dienone is 1. The van der Waals surface area contributed by atoms with Crippen molar-refractivity contribution in [3.05, 3.63) is 73.5 Å². The Hall–Kier alpha value is -2.74. The summed E-state index contributed by atoms with van der Waals surface area (Å²) in [5, 5.41) is 20.2. The van der Waals surface area contributed by atoms with Crippen molar-refractivity contribution in [2.75, 3.05) is 0 Å². The van der Waals surface area contributed by atoms with Crippen molar-refractivity contribution >= 4 is 64.2 Å². The highest BCUT2D eigenvalue weighted by molar-refractivity contribution is 7.73. The number of fused-ring (bicyclic) bond motifs is 1. The molecular weight excluding hydrogens is 440 g/mol. The Kier molecular flexibility index (Phi) is 5.85. The number of carbonyl (C=O) groups is 1. The van der Waals surface area contributed by atoms with Crippen molar-refractivity contribution in [1.29, 1.82) is 0 Å². The van der Waals surface area contributed by atoms with Gasteiger partial charge in [0, 0.05) is 34.7 Å². The number of carboxylic acids is 1. The third kappa shape index (κ3) is 4.09. The van der Waals surface area contributed by atoms with E-state index >= 15 is 0 Å². The molecule has 30 heavy (non-hydrogen) atoms. The SMILES string of the molecule is O=C(O)CCCn1c(O)c(/C=C2/C(c3ccc(Cl)cc3)=Nc3ccccc32)sc1=S. The summed E-state index contributed by atoms with van der Waals surface area (Å²) in [6.07, 6.45) is 2.31. The first kappa shape index (κ1) is 20.5. The maximum atomic E-state index is 10.8. The number of thiazole rings is 1. The Morgan fingerprint density at radius 2 is 1.93 bits per heavy atom. The van der Waals surface area contributed by atoms with Crippen molar-refractivity contribution in [3.63, 3.8) is 0 Å². The van der Waals surface area contributed by atoms with E-state index in [9.17, 15) is 9.90 Å². The number of aromatic nitrogens is 1. The molecule has 0 unspecified atom stereocenters. The number of aliphatic carboxylic acids is 1. The largest absolute Gasteiger partial charge is 0.493 e. The lowest BCUT2D eigenvalue weighted by atomic mass is 9.97. The van der Waals surface area contributed by atoms with Crippen LogP contribution in [0.15, 0.2) is 53.5 Å². The van der Waals surface area contributed by atoms with E-state index in [4.69, 9.17) is 33.9 Å². The summed E-state index contributed by atoms with van der Waals surface area (Å²) in [6.45, 7) is 0.353. The summed E-state index contributed by atoms with van der Waals surface area (Å²) in [7, 11) is 0. The smallest absolute Gasteiger partial charge is 0.303 e. The highest BCUT2D eigenvalue weighted by Crippen LogP contribution is 2.40. The highest BCUT2D eigenvalue weighted by Gasteiger charge is 2.23. The second-order valence-corrected chi connectivity index (χ2v) is 8.86. The van der Waals surface area contributed by atoms with E-state index in [-0.39, 0.29) is 12.3 Å². The van der Waals surface area contributed by atoms with Crippen LogP contribution >= 0.6 is 35.2 Å². The number of nitrogens with zero attached hydrogens (tertiary/aromatic N) is 2. The Morgan fingerprint density at radius 1 is 1.20 bits per heavy atom. The van der Waals surface area contributed by atoms with E-state index in [1.165, 1.54) is 11.3 Å². The molecule has 1 aliphatic heterocycles. The second kappa shape index (κ2) is 8.55. The number of aliphatic imine (C=N–C) groups is 1. The predicted octanol–water partition coefficient (Wildman–Crippen LogP) is 6.18. The van der Waals surface area contributed by atoms with E-state index in [2.05, 4.69) is 0 Å². The van der Waals surface area contributed by atoms with Gasteiger partial charge in [-0.15, -0.1) is 11.3 Å². The fraction of sp³-hybridized carbons (Fsp3) is 0.136. The van der Waals surface area contributed by atoms with Gasteiger partial charge in [0.15, 0.2) is 3.95 Å². The Morgan fingerprint density at radius 3 is 2.67 bits per heavy atom. The van der Waals surface area contributed by atoms with Crippen LogP contribution in [0.25, 0.3) is 11.6 Å². The number of carboxylic acid groups (broad SMARTS) is 1. The molecule has 0 atom stereocenters. The van der Waals surface area contributed by atoms with Gasteiger partial charge in [-0.3, -0.25) is 9.36 Å². The topological polar surface area (TPSA) is 74.8 Å². The van der Waals surface area contributed by atoms with Crippen LogP contribution in [0.2, 0.25) is 5.02 Å². The van der Waals surface area contributed by atoms with Crippen molar-refractivity contribution < 1.29 is 15.0 Å². The maximum absolute atomic E-state index is 10.8. The molecule has 0 spiro atoms. The van der Waals surface area contributed by atoms with Gasteiger partial charge in [-0.1, -0.05) is 41.9 Å². The van der Waals surface area contributed by atoms with Gasteiger partial charge in [-0.05, 0) is 42.9 Å². The first-order valence-electron chi connectivity index (χ1n) is 9.24. The summed E-state index contributed by atoms with van der Waals surface area (Å²) in [6, 6.07) is 15.3. The molecule has 1 aliphatic rings. The molecule has 2 heterocycles. The third-order valence-electron chi connectivity index (χ3n) is 4.74. The Labute approximate surface area is 187 Å². The van der Waals surface area contributed by atoms with Gasteiger partial charge in [0.05, 0.1) is 16.3 Å². The molecule has 4 rings (SSSR count). The van der Waals surface area contributed by atoms with Crippen LogP contribution in [0.1, 0.15) is 28.8 Å².